The van der Waals surface area contributed by atoms with Gasteiger partial charge in [-0.25, -0.2) is 4.79 Å². The summed E-state index contributed by atoms with van der Waals surface area (Å²) in [4.78, 5) is 23.8. The molecule has 0 saturated carbocycles. The molecule has 0 bridgehead atoms. The second-order valence-corrected chi connectivity index (χ2v) is 7.29. The molecule has 0 spiro atoms. The van der Waals surface area contributed by atoms with Gasteiger partial charge < -0.3 is 15.5 Å². The number of amides is 3. The van der Waals surface area contributed by atoms with Crippen molar-refractivity contribution >= 4 is 40.2 Å². The minimum atomic E-state index is -0.594. The summed E-state index contributed by atoms with van der Waals surface area (Å²) >= 11 is 2.54. The molecule has 0 radical (unpaired) electrons. The van der Waals surface area contributed by atoms with Gasteiger partial charge in [-0.2, -0.15) is 4.37 Å². The van der Waals surface area contributed by atoms with Crippen molar-refractivity contribution in [2.45, 2.75) is 44.7 Å². The van der Waals surface area contributed by atoms with E-state index in [0.717, 1.165) is 42.3 Å². The second-order valence-electron chi connectivity index (χ2n) is 5.43. The van der Waals surface area contributed by atoms with Gasteiger partial charge >= 0.3 is 6.03 Å². The number of aromatic nitrogens is 1. The van der Waals surface area contributed by atoms with Gasteiger partial charge in [-0.1, -0.05) is 19.8 Å². The van der Waals surface area contributed by atoms with Crippen molar-refractivity contribution in [1.82, 2.24) is 9.69 Å². The maximum absolute atomic E-state index is 12.0. The van der Waals surface area contributed by atoms with Crippen LogP contribution in [0.3, 0.4) is 0 Å². The summed E-state index contributed by atoms with van der Waals surface area (Å²) in [6, 6.07) is 3.18. The molecule has 0 aromatic carbocycles. The van der Waals surface area contributed by atoms with E-state index in [1.807, 2.05) is 13.0 Å². The largest absolute Gasteiger partial charge is 0.465 e. The number of hydrogen-bond donors (Lipinski definition) is 3. The number of carbonyl (C=O) groups is 2. The lowest BCUT2D eigenvalue weighted by atomic mass is 10.3. The molecule has 0 saturated heterocycles. The predicted molar refractivity (Wildman–Crippen MR) is 100 cm³/mol. The number of primary amides is 1. The molecule has 25 heavy (non-hydrogen) atoms. The summed E-state index contributed by atoms with van der Waals surface area (Å²) in [5, 5.41) is 6.25. The van der Waals surface area contributed by atoms with Gasteiger partial charge in [-0.05, 0) is 42.8 Å². The van der Waals surface area contributed by atoms with Gasteiger partial charge in [0.2, 0.25) is 0 Å². The molecule has 0 aliphatic rings. The van der Waals surface area contributed by atoms with E-state index in [-0.39, 0.29) is 12.1 Å². The highest BCUT2D eigenvalue weighted by atomic mass is 32.2. The first kappa shape index (κ1) is 19.3. The summed E-state index contributed by atoms with van der Waals surface area (Å²) in [6.45, 7) is 4.22. The van der Waals surface area contributed by atoms with Crippen molar-refractivity contribution < 1.29 is 14.0 Å². The number of nitrogens with one attached hydrogen (secondary N) is 2. The number of hydrogen-bond acceptors (Lipinski definition) is 6. The van der Waals surface area contributed by atoms with E-state index >= 15 is 0 Å². The number of unbranched alkanes of at least 4 members (excludes halogenated alkanes) is 2. The molecule has 136 valence electrons. The average Bonchev–Trinajstić information content (AvgIpc) is 3.16. The summed E-state index contributed by atoms with van der Waals surface area (Å²) < 4.78 is 9.64. The molecule has 2 aromatic heterocycles. The molecule has 4 N–H and O–H groups in total. The summed E-state index contributed by atoms with van der Waals surface area (Å²) in [5.74, 6) is 1.70. The number of carbonyl (C=O) groups excluding carboxylic acids is 2. The topological polar surface area (TPSA) is 110 Å². The quantitative estimate of drug-likeness (QED) is 0.452. The molecule has 0 unspecified atom stereocenters. The van der Waals surface area contributed by atoms with Gasteiger partial charge in [0.1, 0.15) is 27.1 Å². The third kappa shape index (κ3) is 5.79. The van der Waals surface area contributed by atoms with E-state index < -0.39 is 11.9 Å². The smallest absolute Gasteiger partial charge is 0.320 e. The summed E-state index contributed by atoms with van der Waals surface area (Å²) in [7, 11) is 0. The van der Waals surface area contributed by atoms with Crippen LogP contribution in [0.25, 0.3) is 0 Å². The zero-order chi connectivity index (χ0) is 18.2. The molecule has 0 aliphatic carbocycles. The molecule has 2 rings (SSSR count). The molecule has 2 heterocycles. The second kappa shape index (κ2) is 9.47. The Morgan fingerprint density at radius 2 is 2.16 bits per heavy atom. The predicted octanol–water partition coefficient (Wildman–Crippen LogP) is 3.75. The lowest BCUT2D eigenvalue weighted by molar-refractivity contribution is 0.0998. The van der Waals surface area contributed by atoms with Gasteiger partial charge in [0.15, 0.2) is 0 Å². The fourth-order valence-corrected chi connectivity index (χ4v) is 4.06. The maximum atomic E-state index is 12.0. The number of rotatable bonds is 9. The Morgan fingerprint density at radius 1 is 1.36 bits per heavy atom. The Balaban J connectivity index is 1.94. The Labute approximate surface area is 154 Å². The van der Waals surface area contributed by atoms with E-state index in [1.165, 1.54) is 11.8 Å². The van der Waals surface area contributed by atoms with Gasteiger partial charge in [-0.3, -0.25) is 10.1 Å². The molecule has 7 nitrogen and oxygen atoms in total. The number of thioether (sulfide) groups is 1. The van der Waals surface area contributed by atoms with E-state index in [9.17, 15) is 9.59 Å². The van der Waals surface area contributed by atoms with Gasteiger partial charge in [0.05, 0.1) is 6.54 Å². The summed E-state index contributed by atoms with van der Waals surface area (Å²) in [5.41, 5.74) is 5.74. The van der Waals surface area contributed by atoms with E-state index in [0.29, 0.717) is 15.8 Å². The van der Waals surface area contributed by atoms with Crippen molar-refractivity contribution in [2.24, 2.45) is 5.73 Å². The van der Waals surface area contributed by atoms with Crippen molar-refractivity contribution in [3.05, 3.63) is 29.2 Å². The first-order valence-electron chi connectivity index (χ1n) is 8.03. The van der Waals surface area contributed by atoms with Crippen molar-refractivity contribution in [1.29, 1.82) is 0 Å². The van der Waals surface area contributed by atoms with Crippen molar-refractivity contribution in [2.75, 3.05) is 11.1 Å². The minimum absolute atomic E-state index is 0.253. The third-order valence-corrected chi connectivity index (χ3v) is 5.28. The first-order chi connectivity index (χ1) is 12.0. The van der Waals surface area contributed by atoms with Gasteiger partial charge in [0.25, 0.3) is 5.91 Å². The number of furan rings is 1. The zero-order valence-electron chi connectivity index (χ0n) is 14.3. The van der Waals surface area contributed by atoms with Crippen LogP contribution < -0.4 is 16.4 Å². The van der Waals surface area contributed by atoms with Crippen molar-refractivity contribution in [3.8, 4) is 0 Å². The van der Waals surface area contributed by atoms with Crippen molar-refractivity contribution in [3.63, 3.8) is 0 Å². The lowest BCUT2D eigenvalue weighted by Crippen LogP contribution is -2.28. The molecular formula is C16H22N4O3S2. The summed E-state index contributed by atoms with van der Waals surface area (Å²) in [6.07, 6.45) is 3.30. The highest BCUT2D eigenvalue weighted by Gasteiger charge is 2.20. The van der Waals surface area contributed by atoms with E-state index in [2.05, 4.69) is 21.9 Å². The Morgan fingerprint density at radius 3 is 2.80 bits per heavy atom. The first-order valence-corrected chi connectivity index (χ1v) is 9.79. The highest BCUT2D eigenvalue weighted by molar-refractivity contribution is 7.99. The third-order valence-electron chi connectivity index (χ3n) is 3.34. The molecular weight excluding hydrogens is 360 g/mol. The number of anilines is 1. The fraction of sp³-hybridized carbons (Fsp3) is 0.438. The number of nitrogens with zero attached hydrogens (tertiary/aromatic N) is 1. The lowest BCUT2D eigenvalue weighted by Gasteiger charge is -2.06. The van der Waals surface area contributed by atoms with E-state index in [1.54, 1.807) is 6.07 Å². The fourth-order valence-electron chi connectivity index (χ4n) is 2.09. The molecule has 0 aliphatic heterocycles. The number of aryl methyl sites for hydroxylation is 1. The van der Waals surface area contributed by atoms with E-state index in [4.69, 9.17) is 10.2 Å². The highest BCUT2D eigenvalue weighted by Crippen LogP contribution is 2.32. The van der Waals surface area contributed by atoms with Crippen LogP contribution in [-0.2, 0) is 6.54 Å². The Kier molecular flexibility index (Phi) is 7.32. The molecule has 9 heteroatoms. The van der Waals surface area contributed by atoms with Crippen LogP contribution in [0.15, 0.2) is 21.6 Å². The van der Waals surface area contributed by atoms with Crippen LogP contribution in [0.1, 0.15) is 48.1 Å². The monoisotopic (exact) mass is 382 g/mol. The molecule has 3 amide bonds. The molecule has 0 fully saturated rings. The number of urea groups is 1. The zero-order valence-corrected chi connectivity index (χ0v) is 15.9. The minimum Gasteiger partial charge on any atom is -0.465 e. The van der Waals surface area contributed by atoms with Crippen LogP contribution in [0.5, 0.6) is 0 Å². The molecule has 0 atom stereocenters. The van der Waals surface area contributed by atoms with Gasteiger partial charge in [0, 0.05) is 0 Å². The molecule has 2 aromatic rings. The van der Waals surface area contributed by atoms with Crippen LogP contribution in [0, 0.1) is 6.92 Å². The Hall–Kier alpha value is -2.00. The standard InChI is InChI=1S/C16H22N4O3S2/c1-3-4-5-8-24-15-12(13(17)21)14(25-20-15)19-16(22)18-9-11-7-6-10(2)23-11/h6-7H,3-5,8-9H2,1-2H3,(H2,17,21)(H2,18,19,22). The van der Waals surface area contributed by atoms with Crippen LogP contribution in [-0.4, -0.2) is 22.1 Å². The SMILES string of the molecule is CCCCCSc1nsc(NC(=O)NCc2ccc(C)o2)c1C(N)=O. The van der Waals surface area contributed by atoms with Crippen LogP contribution in [0.2, 0.25) is 0 Å². The van der Waals surface area contributed by atoms with Gasteiger partial charge in [-0.15, -0.1) is 11.8 Å². The van der Waals surface area contributed by atoms with Crippen LogP contribution >= 0.6 is 23.3 Å². The van der Waals surface area contributed by atoms with Crippen LogP contribution in [0.4, 0.5) is 9.80 Å². The Bertz CT molecular complexity index is 727. The average molecular weight is 383 g/mol. The number of nitrogens with two attached hydrogens (primary N) is 1. The maximum Gasteiger partial charge on any atom is 0.320 e. The normalized spacial score (nSPS) is 10.6.